The van der Waals surface area contributed by atoms with Gasteiger partial charge in [-0.3, -0.25) is 0 Å². The molecule has 2 rings (SSSR count). The third kappa shape index (κ3) is 2.13. The number of carbonyl (C=O) groups is 1. The number of aromatic nitrogens is 1. The molecule has 16 heavy (non-hydrogen) atoms. The topological polar surface area (TPSA) is 59.4 Å². The molecule has 2 aromatic rings. The zero-order valence-electron chi connectivity index (χ0n) is 8.47. The fourth-order valence-corrected chi connectivity index (χ4v) is 2.96. The maximum Gasteiger partial charge on any atom is 0.347 e. The molecule has 0 saturated heterocycles. The average Bonchev–Trinajstić information content (AvgIpc) is 2.83. The Morgan fingerprint density at radius 2 is 2.44 bits per heavy atom. The highest BCUT2D eigenvalue weighted by Gasteiger charge is 2.18. The van der Waals surface area contributed by atoms with Gasteiger partial charge in [-0.15, -0.1) is 22.7 Å². The lowest BCUT2D eigenvalue weighted by Gasteiger charge is -1.94. The van der Waals surface area contributed by atoms with Gasteiger partial charge in [0.1, 0.15) is 9.88 Å². The van der Waals surface area contributed by atoms with Crippen LogP contribution in [0.4, 0.5) is 0 Å². The summed E-state index contributed by atoms with van der Waals surface area (Å²) in [6.45, 7) is 0.226. The molecule has 0 spiro atoms. The fourth-order valence-electron chi connectivity index (χ4n) is 1.26. The number of methoxy groups -OCH3 is 1. The van der Waals surface area contributed by atoms with E-state index in [0.717, 1.165) is 9.88 Å². The molecular formula is C10H9NO3S2. The summed E-state index contributed by atoms with van der Waals surface area (Å²) in [6.07, 6.45) is 0. The predicted molar refractivity (Wildman–Crippen MR) is 63.1 cm³/mol. The molecule has 84 valence electrons. The third-order valence-corrected chi connectivity index (χ3v) is 4.03. The van der Waals surface area contributed by atoms with Crippen LogP contribution in [-0.2, 0) is 11.3 Å². The van der Waals surface area contributed by atoms with Crippen LogP contribution in [0.3, 0.4) is 0 Å². The van der Waals surface area contributed by atoms with Crippen LogP contribution in [0.15, 0.2) is 17.5 Å². The Kier molecular flexibility index (Phi) is 3.33. The summed E-state index contributed by atoms with van der Waals surface area (Å²) in [5.41, 5.74) is 0.489. The van der Waals surface area contributed by atoms with E-state index in [1.165, 1.54) is 18.4 Å². The smallest absolute Gasteiger partial charge is 0.347 e. The van der Waals surface area contributed by atoms with E-state index in [0.29, 0.717) is 5.69 Å². The molecule has 0 aromatic carbocycles. The molecule has 0 bridgehead atoms. The van der Waals surface area contributed by atoms with E-state index < -0.39 is 5.97 Å². The Hall–Kier alpha value is -1.24. The van der Waals surface area contributed by atoms with Gasteiger partial charge in [-0.05, 0) is 11.4 Å². The largest absolute Gasteiger partial charge is 0.477 e. The number of aromatic carboxylic acids is 1. The Labute approximate surface area is 100 Å². The molecule has 1 N–H and O–H groups in total. The molecule has 0 aliphatic rings. The van der Waals surface area contributed by atoms with Crippen LogP contribution in [0.25, 0.3) is 9.88 Å². The molecule has 0 saturated carbocycles. The Morgan fingerprint density at radius 3 is 3.00 bits per heavy atom. The molecule has 0 radical (unpaired) electrons. The number of hydrogen-bond acceptors (Lipinski definition) is 5. The van der Waals surface area contributed by atoms with E-state index >= 15 is 0 Å². The van der Waals surface area contributed by atoms with Crippen LogP contribution in [0.5, 0.6) is 0 Å². The van der Waals surface area contributed by atoms with Gasteiger partial charge in [0.2, 0.25) is 0 Å². The number of ether oxygens (including phenoxy) is 1. The van der Waals surface area contributed by atoms with Gasteiger partial charge in [-0.25, -0.2) is 9.78 Å². The maximum atomic E-state index is 11.0. The first-order chi connectivity index (χ1) is 7.72. The monoisotopic (exact) mass is 255 g/mol. The second kappa shape index (κ2) is 4.73. The van der Waals surface area contributed by atoms with Crippen molar-refractivity contribution in [3.8, 4) is 9.88 Å². The van der Waals surface area contributed by atoms with E-state index in [-0.39, 0.29) is 11.5 Å². The quantitative estimate of drug-likeness (QED) is 0.912. The molecule has 0 atom stereocenters. The fraction of sp³-hybridized carbons (Fsp3) is 0.200. The van der Waals surface area contributed by atoms with Crippen LogP contribution in [0.1, 0.15) is 15.4 Å². The molecular weight excluding hydrogens is 246 g/mol. The van der Waals surface area contributed by atoms with Gasteiger partial charge >= 0.3 is 5.97 Å². The summed E-state index contributed by atoms with van der Waals surface area (Å²) in [4.78, 5) is 16.5. The summed E-state index contributed by atoms with van der Waals surface area (Å²) in [5.74, 6) is -0.952. The zero-order chi connectivity index (χ0) is 11.5. The first kappa shape index (κ1) is 11.3. The van der Waals surface area contributed by atoms with E-state index in [9.17, 15) is 4.79 Å². The standard InChI is InChI=1S/C10H9NO3S2/c1-14-5-6-8(10(12)13)16-9(11-6)7-3-2-4-15-7/h2-4H,5H2,1H3,(H,12,13). The van der Waals surface area contributed by atoms with Gasteiger partial charge < -0.3 is 9.84 Å². The number of hydrogen-bond donors (Lipinski definition) is 1. The number of carboxylic acid groups (broad SMARTS) is 1. The predicted octanol–water partition coefficient (Wildman–Crippen LogP) is 2.72. The molecule has 0 aliphatic heterocycles. The van der Waals surface area contributed by atoms with Crippen molar-refractivity contribution in [1.29, 1.82) is 0 Å². The summed E-state index contributed by atoms with van der Waals surface area (Å²) >= 11 is 2.73. The van der Waals surface area contributed by atoms with Crippen molar-refractivity contribution < 1.29 is 14.6 Å². The summed E-state index contributed by atoms with van der Waals surface area (Å²) in [5, 5.41) is 11.7. The molecule has 2 aromatic heterocycles. The lowest BCUT2D eigenvalue weighted by Crippen LogP contribution is -1.99. The minimum Gasteiger partial charge on any atom is -0.477 e. The molecule has 0 amide bonds. The van der Waals surface area contributed by atoms with Crippen LogP contribution in [0.2, 0.25) is 0 Å². The van der Waals surface area contributed by atoms with E-state index in [2.05, 4.69) is 4.98 Å². The highest BCUT2D eigenvalue weighted by molar-refractivity contribution is 7.22. The van der Waals surface area contributed by atoms with Crippen LogP contribution >= 0.6 is 22.7 Å². The van der Waals surface area contributed by atoms with Gasteiger partial charge in [0, 0.05) is 7.11 Å². The van der Waals surface area contributed by atoms with E-state index in [4.69, 9.17) is 9.84 Å². The van der Waals surface area contributed by atoms with Crippen LogP contribution < -0.4 is 0 Å². The van der Waals surface area contributed by atoms with E-state index in [1.807, 2.05) is 17.5 Å². The lowest BCUT2D eigenvalue weighted by molar-refractivity contribution is 0.0697. The summed E-state index contributed by atoms with van der Waals surface area (Å²) in [6, 6.07) is 3.84. The molecule has 0 fully saturated rings. The van der Waals surface area contributed by atoms with Gasteiger partial charge in [-0.1, -0.05) is 6.07 Å². The number of thiazole rings is 1. The molecule has 4 nitrogen and oxygen atoms in total. The first-order valence-electron chi connectivity index (χ1n) is 4.48. The number of carboxylic acids is 1. The van der Waals surface area contributed by atoms with Gasteiger partial charge in [0.15, 0.2) is 0 Å². The van der Waals surface area contributed by atoms with Gasteiger partial charge in [-0.2, -0.15) is 0 Å². The minimum atomic E-state index is -0.952. The van der Waals surface area contributed by atoms with Crippen molar-refractivity contribution >= 4 is 28.6 Å². The van der Waals surface area contributed by atoms with Crippen LogP contribution in [-0.4, -0.2) is 23.2 Å². The summed E-state index contributed by atoms with van der Waals surface area (Å²) in [7, 11) is 1.52. The van der Waals surface area contributed by atoms with Crippen molar-refractivity contribution in [3.05, 3.63) is 28.1 Å². The minimum absolute atomic E-state index is 0.226. The number of rotatable bonds is 4. The third-order valence-electron chi connectivity index (χ3n) is 1.90. The second-order valence-electron chi connectivity index (χ2n) is 3.01. The maximum absolute atomic E-state index is 11.0. The molecule has 6 heteroatoms. The molecule has 0 unspecified atom stereocenters. The van der Waals surface area contributed by atoms with Crippen molar-refractivity contribution in [1.82, 2.24) is 4.98 Å². The van der Waals surface area contributed by atoms with Crippen molar-refractivity contribution in [3.63, 3.8) is 0 Å². The van der Waals surface area contributed by atoms with Crippen molar-refractivity contribution in [2.45, 2.75) is 6.61 Å². The Bertz CT molecular complexity index is 490. The Morgan fingerprint density at radius 1 is 1.62 bits per heavy atom. The van der Waals surface area contributed by atoms with Gasteiger partial charge in [0.25, 0.3) is 0 Å². The second-order valence-corrected chi connectivity index (χ2v) is 4.96. The normalized spacial score (nSPS) is 10.6. The van der Waals surface area contributed by atoms with Crippen molar-refractivity contribution in [2.75, 3.05) is 7.11 Å². The van der Waals surface area contributed by atoms with Crippen LogP contribution in [0, 0.1) is 0 Å². The zero-order valence-corrected chi connectivity index (χ0v) is 10.1. The number of thiophene rings is 1. The average molecular weight is 255 g/mol. The highest BCUT2D eigenvalue weighted by Crippen LogP contribution is 2.31. The summed E-state index contributed by atoms with van der Waals surface area (Å²) < 4.78 is 4.93. The van der Waals surface area contributed by atoms with Gasteiger partial charge in [0.05, 0.1) is 17.2 Å². The SMILES string of the molecule is COCc1nc(-c2cccs2)sc1C(=O)O. The molecule has 0 aliphatic carbocycles. The first-order valence-corrected chi connectivity index (χ1v) is 6.17. The molecule has 2 heterocycles. The van der Waals surface area contributed by atoms with Crippen molar-refractivity contribution in [2.24, 2.45) is 0 Å². The Balaban J connectivity index is 2.42. The number of nitrogens with zero attached hydrogens (tertiary/aromatic N) is 1. The highest BCUT2D eigenvalue weighted by atomic mass is 32.1. The lowest BCUT2D eigenvalue weighted by atomic mass is 10.4. The van der Waals surface area contributed by atoms with E-state index in [1.54, 1.807) is 11.3 Å².